The second kappa shape index (κ2) is 6.00. The Morgan fingerprint density at radius 1 is 1.56 bits per heavy atom. The molecular formula is C12H16N2O4. The van der Waals surface area contributed by atoms with Gasteiger partial charge in [-0.2, -0.15) is 0 Å². The highest BCUT2D eigenvalue weighted by molar-refractivity contribution is 5.79. The van der Waals surface area contributed by atoms with Gasteiger partial charge in [-0.3, -0.25) is 10.1 Å². The quantitative estimate of drug-likeness (QED) is 0.494. The van der Waals surface area contributed by atoms with E-state index in [4.69, 9.17) is 0 Å². The summed E-state index contributed by atoms with van der Waals surface area (Å²) in [5.41, 5.74) is 1.40. The maximum absolute atomic E-state index is 11.5. The van der Waals surface area contributed by atoms with Crippen LogP contribution in [0.4, 0.5) is 11.4 Å². The zero-order valence-corrected chi connectivity index (χ0v) is 10.6. The number of esters is 1. The van der Waals surface area contributed by atoms with Gasteiger partial charge in [-0.05, 0) is 18.9 Å². The van der Waals surface area contributed by atoms with Crippen molar-refractivity contribution >= 4 is 17.3 Å². The number of benzene rings is 1. The summed E-state index contributed by atoms with van der Waals surface area (Å²) in [6, 6.07) is 3.99. The number of hydrogen-bond acceptors (Lipinski definition) is 5. The van der Waals surface area contributed by atoms with Crippen LogP contribution in [0, 0.1) is 17.0 Å². The fraction of sp³-hybridized carbons (Fsp3) is 0.417. The van der Waals surface area contributed by atoms with Gasteiger partial charge < -0.3 is 10.1 Å². The summed E-state index contributed by atoms with van der Waals surface area (Å²) < 4.78 is 4.66. The van der Waals surface area contributed by atoms with Gasteiger partial charge in [-0.15, -0.1) is 0 Å². The van der Waals surface area contributed by atoms with Gasteiger partial charge in [0, 0.05) is 17.8 Å². The van der Waals surface area contributed by atoms with Crippen molar-refractivity contribution in [3.05, 3.63) is 33.9 Å². The highest BCUT2D eigenvalue weighted by atomic mass is 16.6. The minimum absolute atomic E-state index is 0.0113. The molecule has 1 N–H and O–H groups in total. The topological polar surface area (TPSA) is 81.5 Å². The summed E-state index contributed by atoms with van der Waals surface area (Å²) >= 11 is 0. The molecule has 0 aliphatic rings. The monoisotopic (exact) mass is 252 g/mol. The number of anilines is 1. The van der Waals surface area contributed by atoms with Crippen LogP contribution in [-0.2, 0) is 9.53 Å². The normalized spacial score (nSPS) is 11.7. The van der Waals surface area contributed by atoms with E-state index in [1.165, 1.54) is 19.2 Å². The van der Waals surface area contributed by atoms with Crippen molar-refractivity contribution < 1.29 is 14.5 Å². The fourth-order valence-corrected chi connectivity index (χ4v) is 1.54. The van der Waals surface area contributed by atoms with E-state index in [0.29, 0.717) is 12.1 Å². The third-order valence-electron chi connectivity index (χ3n) is 2.66. The Bertz CT molecular complexity index is 459. The molecule has 6 nitrogen and oxygen atoms in total. The molecule has 0 aliphatic heterocycles. The Balaban J connectivity index is 2.98. The highest BCUT2D eigenvalue weighted by Gasteiger charge is 2.18. The predicted octanol–water partition coefficient (Wildman–Crippen LogP) is 2.27. The van der Waals surface area contributed by atoms with Crippen LogP contribution < -0.4 is 5.32 Å². The molecule has 18 heavy (non-hydrogen) atoms. The molecule has 0 spiro atoms. The summed E-state index contributed by atoms with van der Waals surface area (Å²) in [5.74, 6) is -0.386. The van der Waals surface area contributed by atoms with Crippen molar-refractivity contribution in [3.63, 3.8) is 0 Å². The van der Waals surface area contributed by atoms with Gasteiger partial charge in [0.15, 0.2) is 0 Å². The Labute approximate surface area is 105 Å². The number of carbonyl (C=O) groups excluding carboxylic acids is 1. The number of nitrogens with one attached hydrogen (secondary N) is 1. The number of aryl methyl sites for hydroxylation is 1. The van der Waals surface area contributed by atoms with Gasteiger partial charge in [0.25, 0.3) is 5.69 Å². The Morgan fingerprint density at radius 2 is 2.22 bits per heavy atom. The number of nitro benzene ring substituents is 1. The second-order valence-electron chi connectivity index (χ2n) is 3.88. The molecule has 0 bridgehead atoms. The first-order valence-electron chi connectivity index (χ1n) is 5.59. The van der Waals surface area contributed by atoms with E-state index in [9.17, 15) is 14.9 Å². The van der Waals surface area contributed by atoms with Crippen molar-refractivity contribution in [1.29, 1.82) is 0 Å². The molecule has 1 atom stereocenters. The van der Waals surface area contributed by atoms with E-state index in [0.717, 1.165) is 5.56 Å². The van der Waals surface area contributed by atoms with Crippen LogP contribution in [0.1, 0.15) is 18.9 Å². The van der Waals surface area contributed by atoms with Gasteiger partial charge >= 0.3 is 5.97 Å². The van der Waals surface area contributed by atoms with E-state index >= 15 is 0 Å². The molecule has 1 aromatic carbocycles. The number of carbonyl (C=O) groups is 1. The molecule has 6 heteroatoms. The van der Waals surface area contributed by atoms with Crippen molar-refractivity contribution in [2.45, 2.75) is 26.3 Å². The lowest BCUT2D eigenvalue weighted by atomic mass is 10.1. The average Bonchev–Trinajstić information content (AvgIpc) is 2.36. The lowest BCUT2D eigenvalue weighted by molar-refractivity contribution is -0.384. The predicted molar refractivity (Wildman–Crippen MR) is 67.6 cm³/mol. The van der Waals surface area contributed by atoms with Crippen LogP contribution >= 0.6 is 0 Å². The van der Waals surface area contributed by atoms with Gasteiger partial charge in [0.05, 0.1) is 12.0 Å². The van der Waals surface area contributed by atoms with Gasteiger partial charge in [0.2, 0.25) is 0 Å². The lowest BCUT2D eigenvalue weighted by Crippen LogP contribution is -2.30. The molecule has 1 unspecified atom stereocenters. The third-order valence-corrected chi connectivity index (χ3v) is 2.66. The molecule has 0 heterocycles. The van der Waals surface area contributed by atoms with Crippen LogP contribution in [0.2, 0.25) is 0 Å². The molecule has 0 saturated heterocycles. The van der Waals surface area contributed by atoms with E-state index in [-0.39, 0.29) is 11.7 Å². The number of ether oxygens (including phenoxy) is 1. The lowest BCUT2D eigenvalue weighted by Gasteiger charge is -2.17. The Morgan fingerprint density at radius 3 is 2.72 bits per heavy atom. The summed E-state index contributed by atoms with van der Waals surface area (Å²) in [5, 5.41) is 13.7. The Hall–Kier alpha value is -2.11. The largest absolute Gasteiger partial charge is 0.467 e. The van der Waals surface area contributed by atoms with Gasteiger partial charge in [0.1, 0.15) is 6.04 Å². The molecule has 0 fully saturated rings. The first-order valence-corrected chi connectivity index (χ1v) is 5.59. The van der Waals surface area contributed by atoms with E-state index < -0.39 is 11.0 Å². The maximum Gasteiger partial charge on any atom is 0.328 e. The van der Waals surface area contributed by atoms with Crippen molar-refractivity contribution in [2.24, 2.45) is 0 Å². The maximum atomic E-state index is 11.5. The number of methoxy groups -OCH3 is 1. The number of nitro groups is 1. The summed E-state index contributed by atoms with van der Waals surface area (Å²) in [6.07, 6.45) is 0.537. The third kappa shape index (κ3) is 3.19. The van der Waals surface area contributed by atoms with Crippen LogP contribution in [0.25, 0.3) is 0 Å². The SMILES string of the molecule is CCC(Nc1cc([N+](=O)[O-])ccc1C)C(=O)OC. The molecule has 0 aromatic heterocycles. The van der Waals surface area contributed by atoms with E-state index in [2.05, 4.69) is 10.1 Å². The minimum atomic E-state index is -0.504. The second-order valence-corrected chi connectivity index (χ2v) is 3.88. The first-order chi connectivity index (χ1) is 8.49. The molecular weight excluding hydrogens is 236 g/mol. The van der Waals surface area contributed by atoms with Gasteiger partial charge in [-0.25, -0.2) is 4.79 Å². The summed E-state index contributed by atoms with van der Waals surface area (Å²) in [6.45, 7) is 3.65. The summed E-state index contributed by atoms with van der Waals surface area (Å²) in [7, 11) is 1.31. The number of non-ortho nitro benzene ring substituents is 1. The molecule has 0 saturated carbocycles. The van der Waals surface area contributed by atoms with Crippen LogP contribution in [-0.4, -0.2) is 24.0 Å². The number of nitrogens with zero attached hydrogens (tertiary/aromatic N) is 1. The summed E-state index contributed by atoms with van der Waals surface area (Å²) in [4.78, 5) is 21.7. The average molecular weight is 252 g/mol. The van der Waals surface area contributed by atoms with E-state index in [1.54, 1.807) is 6.07 Å². The molecule has 1 aromatic rings. The zero-order chi connectivity index (χ0) is 13.7. The van der Waals surface area contributed by atoms with Crippen molar-refractivity contribution in [1.82, 2.24) is 0 Å². The number of hydrogen-bond donors (Lipinski definition) is 1. The van der Waals surface area contributed by atoms with E-state index in [1.807, 2.05) is 13.8 Å². The minimum Gasteiger partial charge on any atom is -0.467 e. The molecule has 98 valence electrons. The molecule has 0 amide bonds. The first kappa shape index (κ1) is 14.0. The van der Waals surface area contributed by atoms with Crippen molar-refractivity contribution in [3.8, 4) is 0 Å². The van der Waals surface area contributed by atoms with Crippen LogP contribution in [0.5, 0.6) is 0 Å². The van der Waals surface area contributed by atoms with Crippen molar-refractivity contribution in [2.75, 3.05) is 12.4 Å². The highest BCUT2D eigenvalue weighted by Crippen LogP contribution is 2.23. The van der Waals surface area contributed by atoms with Crippen LogP contribution in [0.3, 0.4) is 0 Å². The van der Waals surface area contributed by atoms with Gasteiger partial charge in [-0.1, -0.05) is 13.0 Å². The molecule has 1 rings (SSSR count). The zero-order valence-electron chi connectivity index (χ0n) is 10.6. The smallest absolute Gasteiger partial charge is 0.328 e. The standard InChI is InChI=1S/C12H16N2O4/c1-4-10(12(15)18-3)13-11-7-9(14(16)17)6-5-8(11)2/h5-7,10,13H,4H2,1-3H3. The fourth-order valence-electron chi connectivity index (χ4n) is 1.54. The number of rotatable bonds is 5. The molecule has 0 radical (unpaired) electrons. The van der Waals surface area contributed by atoms with Crippen LogP contribution in [0.15, 0.2) is 18.2 Å². The molecule has 0 aliphatic carbocycles. The Kier molecular flexibility index (Phi) is 4.65.